The number of hydrogen-bond acceptors (Lipinski definition) is 5. The molecule has 0 aromatic carbocycles. The van der Waals surface area contributed by atoms with Crippen molar-refractivity contribution in [3.05, 3.63) is 0 Å². The first-order valence-corrected chi connectivity index (χ1v) is 6.75. The Morgan fingerprint density at radius 3 is 2.43 bits per heavy atom. The van der Waals surface area contributed by atoms with E-state index < -0.39 is 18.7 Å². The zero-order valence-corrected chi connectivity index (χ0v) is 9.88. The molecule has 0 saturated heterocycles. The molecular formula is C6H15O6PS. The summed E-state index contributed by atoms with van der Waals surface area (Å²) < 4.78 is 44.0. The van der Waals surface area contributed by atoms with Gasteiger partial charge in [0.1, 0.15) is 0 Å². The van der Waals surface area contributed by atoms with Crippen molar-refractivity contribution in [2.75, 3.05) is 26.1 Å². The highest BCUT2D eigenvalue weighted by Gasteiger charge is 2.10. The Hall–Kier alpha value is 0.220. The lowest BCUT2D eigenvalue weighted by Crippen LogP contribution is -2.06. The Balaban J connectivity index is 3.52. The summed E-state index contributed by atoms with van der Waals surface area (Å²) in [6.07, 6.45) is 0.216. The highest BCUT2D eigenvalue weighted by atomic mass is 32.2. The third kappa shape index (κ3) is 8.80. The van der Waals surface area contributed by atoms with Crippen LogP contribution in [0, 0.1) is 0 Å². The maximum Gasteiger partial charge on any atom is 0.332 e. The van der Waals surface area contributed by atoms with Crippen LogP contribution in [0.25, 0.3) is 0 Å². The van der Waals surface area contributed by atoms with E-state index in [9.17, 15) is 8.42 Å². The Morgan fingerprint density at radius 1 is 1.36 bits per heavy atom. The van der Waals surface area contributed by atoms with Gasteiger partial charge in [-0.25, -0.2) is 0 Å². The average Bonchev–Trinajstić information content (AvgIpc) is 2.08. The summed E-state index contributed by atoms with van der Waals surface area (Å²) in [6, 6.07) is 0. The van der Waals surface area contributed by atoms with E-state index in [-0.39, 0.29) is 18.8 Å². The molecule has 86 valence electrons. The minimum atomic E-state index is -3.90. The summed E-state index contributed by atoms with van der Waals surface area (Å²) in [7, 11) is -3.83. The maximum absolute atomic E-state index is 10.3. The zero-order valence-electron chi connectivity index (χ0n) is 8.17. The van der Waals surface area contributed by atoms with Crippen LogP contribution in [0.2, 0.25) is 0 Å². The van der Waals surface area contributed by atoms with Gasteiger partial charge in [-0.1, -0.05) is 0 Å². The molecule has 0 heterocycles. The molecule has 0 fully saturated rings. The van der Waals surface area contributed by atoms with Gasteiger partial charge in [-0.15, -0.1) is 0 Å². The Bertz CT molecular complexity index is 228. The molecule has 0 aromatic rings. The van der Waals surface area contributed by atoms with Crippen LogP contribution in [-0.4, -0.2) is 39.0 Å². The Morgan fingerprint density at radius 2 is 2.00 bits per heavy atom. The lowest BCUT2D eigenvalue weighted by Gasteiger charge is -2.12. The largest absolute Gasteiger partial charge is 0.332 e. The van der Waals surface area contributed by atoms with Gasteiger partial charge in [0.25, 0.3) is 10.1 Å². The van der Waals surface area contributed by atoms with E-state index in [2.05, 4.69) is 0 Å². The molecular weight excluding hydrogens is 231 g/mol. The van der Waals surface area contributed by atoms with Gasteiger partial charge in [0, 0.05) is 7.11 Å². The normalized spacial score (nSPS) is 14.2. The van der Waals surface area contributed by atoms with Crippen LogP contribution >= 0.6 is 8.60 Å². The van der Waals surface area contributed by atoms with Crippen molar-refractivity contribution in [3.8, 4) is 0 Å². The second-order valence-electron chi connectivity index (χ2n) is 2.30. The van der Waals surface area contributed by atoms with Gasteiger partial charge in [0.15, 0.2) is 0 Å². The summed E-state index contributed by atoms with van der Waals surface area (Å²) >= 11 is 0. The van der Waals surface area contributed by atoms with Crippen molar-refractivity contribution in [3.63, 3.8) is 0 Å². The highest BCUT2D eigenvalue weighted by Crippen LogP contribution is 2.38. The first kappa shape index (κ1) is 14.2. The van der Waals surface area contributed by atoms with Crippen LogP contribution in [0.15, 0.2) is 0 Å². The van der Waals surface area contributed by atoms with Crippen molar-refractivity contribution in [1.82, 2.24) is 0 Å². The number of hydrogen-bond donors (Lipinski definition) is 1. The van der Waals surface area contributed by atoms with Gasteiger partial charge in [-0.05, 0) is 13.3 Å². The van der Waals surface area contributed by atoms with Crippen LogP contribution in [0.4, 0.5) is 0 Å². The molecule has 1 N–H and O–H groups in total. The van der Waals surface area contributed by atoms with Gasteiger partial charge < -0.3 is 13.6 Å². The molecule has 14 heavy (non-hydrogen) atoms. The fourth-order valence-electron chi connectivity index (χ4n) is 0.628. The van der Waals surface area contributed by atoms with Gasteiger partial charge in [0.2, 0.25) is 0 Å². The molecule has 6 nitrogen and oxygen atoms in total. The van der Waals surface area contributed by atoms with E-state index in [1.54, 1.807) is 6.92 Å². The topological polar surface area (TPSA) is 82.1 Å². The quantitative estimate of drug-likeness (QED) is 0.393. The third-order valence-electron chi connectivity index (χ3n) is 1.13. The van der Waals surface area contributed by atoms with Crippen molar-refractivity contribution in [2.24, 2.45) is 0 Å². The van der Waals surface area contributed by atoms with Crippen LogP contribution in [0.5, 0.6) is 0 Å². The molecule has 0 aliphatic carbocycles. The molecule has 0 aromatic heterocycles. The molecule has 0 rings (SSSR count). The van der Waals surface area contributed by atoms with Crippen molar-refractivity contribution >= 4 is 18.7 Å². The number of rotatable bonds is 8. The molecule has 1 unspecified atom stereocenters. The maximum atomic E-state index is 10.3. The summed E-state index contributed by atoms with van der Waals surface area (Å²) in [5, 5.41) is 0. The van der Waals surface area contributed by atoms with Gasteiger partial charge >= 0.3 is 8.60 Å². The molecule has 0 aliphatic heterocycles. The molecule has 0 amide bonds. The van der Waals surface area contributed by atoms with E-state index in [4.69, 9.17) is 18.1 Å². The van der Waals surface area contributed by atoms with E-state index in [0.717, 1.165) is 0 Å². The lowest BCUT2D eigenvalue weighted by molar-refractivity contribution is 0.187. The van der Waals surface area contributed by atoms with Crippen molar-refractivity contribution in [1.29, 1.82) is 0 Å². The van der Waals surface area contributed by atoms with Gasteiger partial charge in [-0.3, -0.25) is 4.55 Å². The zero-order chi connectivity index (χ0) is 11.0. The molecule has 1 atom stereocenters. The second-order valence-corrected chi connectivity index (χ2v) is 5.20. The fraction of sp³-hybridized carbons (Fsp3) is 1.00. The first-order chi connectivity index (χ1) is 6.49. The van der Waals surface area contributed by atoms with Crippen LogP contribution < -0.4 is 0 Å². The predicted octanol–water partition coefficient (Wildman–Crippen LogP) is 1.19. The summed E-state index contributed by atoms with van der Waals surface area (Å²) in [6.45, 7) is 2.45. The average molecular weight is 246 g/mol. The standard InChI is InChI=1S/C6H15O6PS/c1-3-11-13(10-2)12-5-4-6-14(7,8)9/h3-6H2,1-2H3,(H,7,8,9). The SMILES string of the molecule is CCOP(OC)OCCCS(=O)(=O)O. The van der Waals surface area contributed by atoms with Gasteiger partial charge in [-0.2, -0.15) is 8.42 Å². The summed E-state index contributed by atoms with van der Waals surface area (Å²) in [4.78, 5) is 0. The molecule has 0 spiro atoms. The third-order valence-corrected chi connectivity index (χ3v) is 3.09. The van der Waals surface area contributed by atoms with E-state index in [0.29, 0.717) is 6.61 Å². The van der Waals surface area contributed by atoms with Gasteiger partial charge in [0.05, 0.1) is 19.0 Å². The van der Waals surface area contributed by atoms with E-state index in [1.165, 1.54) is 7.11 Å². The smallest absolute Gasteiger partial charge is 0.316 e. The summed E-state index contributed by atoms with van der Waals surface area (Å²) in [5.74, 6) is -0.313. The highest BCUT2D eigenvalue weighted by molar-refractivity contribution is 7.85. The molecule has 8 heteroatoms. The molecule has 0 radical (unpaired) electrons. The fourth-order valence-corrected chi connectivity index (χ4v) is 1.89. The molecule has 0 saturated carbocycles. The Labute approximate surface area is 85.3 Å². The minimum absolute atomic E-state index is 0.180. The van der Waals surface area contributed by atoms with Crippen molar-refractivity contribution < 1.29 is 26.5 Å². The molecule has 0 aliphatic rings. The van der Waals surface area contributed by atoms with E-state index >= 15 is 0 Å². The molecule has 0 bridgehead atoms. The Kier molecular flexibility index (Phi) is 7.62. The van der Waals surface area contributed by atoms with Crippen LogP contribution in [0.1, 0.15) is 13.3 Å². The lowest BCUT2D eigenvalue weighted by atomic mass is 10.5. The second kappa shape index (κ2) is 7.50. The minimum Gasteiger partial charge on any atom is -0.316 e. The van der Waals surface area contributed by atoms with Crippen LogP contribution in [-0.2, 0) is 23.7 Å². The van der Waals surface area contributed by atoms with Crippen molar-refractivity contribution in [2.45, 2.75) is 13.3 Å². The monoisotopic (exact) mass is 246 g/mol. The summed E-state index contributed by atoms with van der Waals surface area (Å²) in [5.41, 5.74) is 0. The van der Waals surface area contributed by atoms with Crippen LogP contribution in [0.3, 0.4) is 0 Å². The van der Waals surface area contributed by atoms with E-state index in [1.807, 2.05) is 0 Å². The first-order valence-electron chi connectivity index (χ1n) is 4.05. The predicted molar refractivity (Wildman–Crippen MR) is 52.5 cm³/mol.